The summed E-state index contributed by atoms with van der Waals surface area (Å²) in [7, 11) is 0. The number of piperazine rings is 1. The van der Waals surface area contributed by atoms with Crippen LogP contribution >= 0.6 is 0 Å². The van der Waals surface area contributed by atoms with Gasteiger partial charge in [-0.2, -0.15) is 0 Å². The predicted octanol–water partition coefficient (Wildman–Crippen LogP) is 2.82. The molecule has 0 spiro atoms. The molecular weight excluding hydrogens is 371 g/mol. The van der Waals surface area contributed by atoms with Crippen LogP contribution in [0.5, 0.6) is 0 Å². The van der Waals surface area contributed by atoms with Crippen LogP contribution in [-0.2, 0) is 6.54 Å². The molecule has 1 heterocycles. The number of carbonyl (C=O) groups excluding carboxylic acids is 2. The van der Waals surface area contributed by atoms with Gasteiger partial charge in [-0.15, -0.1) is 0 Å². The van der Waals surface area contributed by atoms with Crippen molar-refractivity contribution in [3.8, 4) is 0 Å². The van der Waals surface area contributed by atoms with E-state index in [1.807, 2.05) is 32.0 Å². The average Bonchev–Trinajstić information content (AvgIpc) is 2.72. The van der Waals surface area contributed by atoms with E-state index in [4.69, 9.17) is 0 Å². The van der Waals surface area contributed by atoms with Gasteiger partial charge < -0.3 is 20.9 Å². The molecule has 1 atom stereocenters. The highest BCUT2D eigenvalue weighted by Crippen LogP contribution is 2.25. The molecule has 1 aliphatic rings. The first-order valence-corrected chi connectivity index (χ1v) is 9.84. The molecule has 3 amide bonds. The standard InChI is InChI=1S/C22H27FN4O2/c1-15(2)26-22(29)25-13-16-6-8-17(9-7-16)21(28)27-11-10-24-14-20(27)18-4-3-5-19(23)12-18/h3-9,12,15,20,24H,10-11,13-14H2,1-2H3,(H2,25,26,29). The summed E-state index contributed by atoms with van der Waals surface area (Å²) in [6, 6.07) is 13.2. The molecule has 1 saturated heterocycles. The topological polar surface area (TPSA) is 73.5 Å². The summed E-state index contributed by atoms with van der Waals surface area (Å²) in [6.07, 6.45) is 0. The van der Waals surface area contributed by atoms with Crippen LogP contribution in [-0.4, -0.2) is 42.5 Å². The Kier molecular flexibility index (Phi) is 6.82. The number of carbonyl (C=O) groups is 2. The van der Waals surface area contributed by atoms with Gasteiger partial charge in [-0.05, 0) is 49.2 Å². The van der Waals surface area contributed by atoms with E-state index >= 15 is 0 Å². The van der Waals surface area contributed by atoms with Gasteiger partial charge in [-0.3, -0.25) is 4.79 Å². The molecule has 6 nitrogen and oxygen atoms in total. The number of nitrogens with one attached hydrogen (secondary N) is 3. The van der Waals surface area contributed by atoms with Gasteiger partial charge in [0.15, 0.2) is 0 Å². The SMILES string of the molecule is CC(C)NC(=O)NCc1ccc(C(=O)N2CCNCC2c2cccc(F)c2)cc1. The minimum Gasteiger partial charge on any atom is -0.336 e. The van der Waals surface area contributed by atoms with E-state index in [-0.39, 0.29) is 29.8 Å². The smallest absolute Gasteiger partial charge is 0.315 e. The first kappa shape index (κ1) is 20.8. The Bertz CT molecular complexity index is 854. The Morgan fingerprint density at radius 1 is 1.21 bits per heavy atom. The number of nitrogens with zero attached hydrogens (tertiary/aromatic N) is 1. The summed E-state index contributed by atoms with van der Waals surface area (Å²) in [5, 5.41) is 8.83. The van der Waals surface area contributed by atoms with Crippen molar-refractivity contribution in [1.82, 2.24) is 20.9 Å². The lowest BCUT2D eigenvalue weighted by Crippen LogP contribution is -2.48. The highest BCUT2D eigenvalue weighted by Gasteiger charge is 2.28. The average molecular weight is 398 g/mol. The van der Waals surface area contributed by atoms with Crippen LogP contribution in [0.25, 0.3) is 0 Å². The third-order valence-electron chi connectivity index (χ3n) is 4.81. The molecule has 154 valence electrons. The molecule has 2 aromatic carbocycles. The van der Waals surface area contributed by atoms with Gasteiger partial charge in [0.1, 0.15) is 5.82 Å². The highest BCUT2D eigenvalue weighted by molar-refractivity contribution is 5.94. The van der Waals surface area contributed by atoms with Gasteiger partial charge in [-0.25, -0.2) is 9.18 Å². The quantitative estimate of drug-likeness (QED) is 0.725. The van der Waals surface area contributed by atoms with Gasteiger partial charge in [0, 0.05) is 37.8 Å². The number of benzene rings is 2. The zero-order valence-corrected chi connectivity index (χ0v) is 16.7. The Morgan fingerprint density at radius 2 is 1.97 bits per heavy atom. The molecular formula is C22H27FN4O2. The molecule has 0 aromatic heterocycles. The Balaban J connectivity index is 1.67. The van der Waals surface area contributed by atoms with E-state index in [2.05, 4.69) is 16.0 Å². The fourth-order valence-corrected chi connectivity index (χ4v) is 3.39. The van der Waals surface area contributed by atoms with E-state index in [1.165, 1.54) is 12.1 Å². The predicted molar refractivity (Wildman–Crippen MR) is 110 cm³/mol. The molecule has 3 N–H and O–H groups in total. The minimum atomic E-state index is -0.307. The Morgan fingerprint density at radius 3 is 2.66 bits per heavy atom. The van der Waals surface area contributed by atoms with Crippen molar-refractivity contribution < 1.29 is 14.0 Å². The van der Waals surface area contributed by atoms with Gasteiger partial charge in [0.2, 0.25) is 0 Å². The molecule has 2 aromatic rings. The minimum absolute atomic E-state index is 0.0695. The molecule has 1 aliphatic heterocycles. The second-order valence-electron chi connectivity index (χ2n) is 7.45. The van der Waals surface area contributed by atoms with Crippen molar-refractivity contribution in [2.24, 2.45) is 0 Å². The first-order chi connectivity index (χ1) is 13.9. The third-order valence-corrected chi connectivity index (χ3v) is 4.81. The Labute approximate surface area is 170 Å². The van der Waals surface area contributed by atoms with Gasteiger partial charge in [0.05, 0.1) is 6.04 Å². The first-order valence-electron chi connectivity index (χ1n) is 9.84. The monoisotopic (exact) mass is 398 g/mol. The largest absolute Gasteiger partial charge is 0.336 e. The second kappa shape index (κ2) is 9.52. The number of hydrogen-bond acceptors (Lipinski definition) is 3. The summed E-state index contributed by atoms with van der Waals surface area (Å²) < 4.78 is 13.7. The van der Waals surface area contributed by atoms with Crippen molar-refractivity contribution in [1.29, 1.82) is 0 Å². The maximum absolute atomic E-state index is 13.7. The van der Waals surface area contributed by atoms with E-state index in [9.17, 15) is 14.0 Å². The highest BCUT2D eigenvalue weighted by atomic mass is 19.1. The molecule has 0 aliphatic carbocycles. The lowest BCUT2D eigenvalue weighted by atomic mass is 10.0. The number of halogens is 1. The van der Waals surface area contributed by atoms with Gasteiger partial charge in [0.25, 0.3) is 5.91 Å². The summed E-state index contributed by atoms with van der Waals surface area (Å²) in [4.78, 5) is 26.6. The van der Waals surface area contributed by atoms with Crippen molar-refractivity contribution in [3.05, 3.63) is 71.0 Å². The molecule has 1 fully saturated rings. The lowest BCUT2D eigenvalue weighted by Gasteiger charge is -2.36. The van der Waals surface area contributed by atoms with Crippen molar-refractivity contribution >= 4 is 11.9 Å². The van der Waals surface area contributed by atoms with Crippen LogP contribution in [0.1, 0.15) is 41.4 Å². The van der Waals surface area contributed by atoms with E-state index in [0.29, 0.717) is 31.7 Å². The molecule has 29 heavy (non-hydrogen) atoms. The van der Waals surface area contributed by atoms with E-state index < -0.39 is 0 Å². The van der Waals surface area contributed by atoms with Crippen LogP contribution in [0.2, 0.25) is 0 Å². The maximum atomic E-state index is 13.7. The second-order valence-corrected chi connectivity index (χ2v) is 7.45. The maximum Gasteiger partial charge on any atom is 0.315 e. The van der Waals surface area contributed by atoms with Crippen molar-refractivity contribution in [2.45, 2.75) is 32.5 Å². The van der Waals surface area contributed by atoms with Crippen molar-refractivity contribution in [3.63, 3.8) is 0 Å². The number of urea groups is 1. The van der Waals surface area contributed by atoms with E-state index in [0.717, 1.165) is 11.1 Å². The molecule has 0 saturated carbocycles. The van der Waals surface area contributed by atoms with Crippen LogP contribution in [0, 0.1) is 5.82 Å². The summed E-state index contributed by atoms with van der Waals surface area (Å²) in [6.45, 7) is 6.01. The zero-order chi connectivity index (χ0) is 20.8. The summed E-state index contributed by atoms with van der Waals surface area (Å²) in [5.41, 5.74) is 2.26. The zero-order valence-electron chi connectivity index (χ0n) is 16.7. The normalized spacial score (nSPS) is 16.6. The van der Waals surface area contributed by atoms with Crippen LogP contribution < -0.4 is 16.0 Å². The molecule has 7 heteroatoms. The summed E-state index contributed by atoms with van der Waals surface area (Å²) >= 11 is 0. The fourth-order valence-electron chi connectivity index (χ4n) is 3.39. The fraction of sp³-hybridized carbons (Fsp3) is 0.364. The third kappa shape index (κ3) is 5.54. The summed E-state index contributed by atoms with van der Waals surface area (Å²) in [5.74, 6) is -0.392. The van der Waals surface area contributed by atoms with Crippen LogP contribution in [0.4, 0.5) is 9.18 Å². The molecule has 3 rings (SSSR count). The van der Waals surface area contributed by atoms with Gasteiger partial charge >= 0.3 is 6.03 Å². The van der Waals surface area contributed by atoms with Crippen LogP contribution in [0.3, 0.4) is 0 Å². The van der Waals surface area contributed by atoms with Crippen molar-refractivity contribution in [2.75, 3.05) is 19.6 Å². The molecule has 0 radical (unpaired) electrons. The molecule has 1 unspecified atom stereocenters. The number of amides is 3. The van der Waals surface area contributed by atoms with Crippen LogP contribution in [0.15, 0.2) is 48.5 Å². The number of hydrogen-bond donors (Lipinski definition) is 3. The molecule has 0 bridgehead atoms. The number of rotatable bonds is 5. The Hall–Kier alpha value is -2.93. The van der Waals surface area contributed by atoms with Gasteiger partial charge in [-0.1, -0.05) is 24.3 Å². The lowest BCUT2D eigenvalue weighted by molar-refractivity contribution is 0.0634. The van der Waals surface area contributed by atoms with E-state index in [1.54, 1.807) is 23.1 Å².